The number of piperazine rings is 1. The van der Waals surface area contributed by atoms with E-state index in [0.29, 0.717) is 25.9 Å². The van der Waals surface area contributed by atoms with E-state index in [0.717, 1.165) is 30.6 Å². The lowest BCUT2D eigenvalue weighted by Gasteiger charge is -2.38. The van der Waals surface area contributed by atoms with Gasteiger partial charge in [-0.1, -0.05) is 48.5 Å². The predicted molar refractivity (Wildman–Crippen MR) is 138 cm³/mol. The summed E-state index contributed by atoms with van der Waals surface area (Å²) in [6, 6.07) is 18.6. The fraction of sp³-hybridized carbons (Fsp3) is 0.393. The van der Waals surface area contributed by atoms with Crippen molar-refractivity contribution in [3.63, 3.8) is 0 Å². The third kappa shape index (κ3) is 5.28. The lowest BCUT2D eigenvalue weighted by atomic mass is 9.80. The van der Waals surface area contributed by atoms with Crippen molar-refractivity contribution in [1.29, 1.82) is 0 Å². The van der Waals surface area contributed by atoms with Crippen molar-refractivity contribution >= 4 is 27.3 Å². The normalized spacial score (nSPS) is 23.2. The molecule has 0 spiro atoms. The quantitative estimate of drug-likeness (QED) is 0.523. The first-order valence-corrected chi connectivity index (χ1v) is 13.2. The van der Waals surface area contributed by atoms with Crippen LogP contribution in [0.4, 0.5) is 0 Å². The number of nitrogens with zero attached hydrogens (tertiary/aromatic N) is 2. The molecule has 3 atom stereocenters. The first-order chi connectivity index (χ1) is 17.1. The number of amides is 1. The van der Waals surface area contributed by atoms with Gasteiger partial charge < -0.3 is 19.8 Å². The number of allylic oxidation sites excluding steroid dienone is 1. The third-order valence-corrected chi connectivity index (χ3v) is 8.07. The van der Waals surface area contributed by atoms with Crippen LogP contribution in [0.3, 0.4) is 0 Å². The SMILES string of the molecule is O=C(C1=C[C@H](c2csc3ccccc23)[C@@H](CCCO)[C@H](O)O1)N1CCN(Cc2ccccc2)CC1. The van der Waals surface area contributed by atoms with E-state index in [2.05, 4.69) is 34.5 Å². The van der Waals surface area contributed by atoms with E-state index < -0.39 is 6.29 Å². The molecule has 2 N–H and O–H groups in total. The largest absolute Gasteiger partial charge is 0.459 e. The molecule has 0 unspecified atom stereocenters. The second-order valence-electron chi connectivity index (χ2n) is 9.34. The van der Waals surface area contributed by atoms with Crippen molar-refractivity contribution in [2.45, 2.75) is 31.6 Å². The molecule has 35 heavy (non-hydrogen) atoms. The van der Waals surface area contributed by atoms with Crippen LogP contribution in [0, 0.1) is 5.92 Å². The highest BCUT2D eigenvalue weighted by Crippen LogP contribution is 2.42. The molecule has 2 aromatic carbocycles. The molecule has 0 aliphatic carbocycles. The van der Waals surface area contributed by atoms with Crippen molar-refractivity contribution < 1.29 is 19.7 Å². The van der Waals surface area contributed by atoms with Gasteiger partial charge in [-0.25, -0.2) is 0 Å². The summed E-state index contributed by atoms with van der Waals surface area (Å²) < 4.78 is 6.99. The molecule has 2 aliphatic rings. The summed E-state index contributed by atoms with van der Waals surface area (Å²) in [5, 5.41) is 23.6. The fourth-order valence-corrected chi connectivity index (χ4v) is 6.18. The van der Waals surface area contributed by atoms with E-state index in [1.54, 1.807) is 11.3 Å². The summed E-state index contributed by atoms with van der Waals surface area (Å²) >= 11 is 1.67. The Morgan fingerprint density at radius 3 is 2.54 bits per heavy atom. The number of thiophene rings is 1. The van der Waals surface area contributed by atoms with Crippen LogP contribution in [0.15, 0.2) is 71.8 Å². The standard InChI is InChI=1S/C28H32N2O4S/c31-16-6-10-22-23(24-19-35-26-11-5-4-9-21(24)26)17-25(34-28(22)33)27(32)30-14-12-29(13-15-30)18-20-7-2-1-3-8-20/h1-5,7-9,11,17,19,22-23,28,31,33H,6,10,12-16,18H2/t22-,23+,28-/m1/s1. The molecule has 1 fully saturated rings. The van der Waals surface area contributed by atoms with E-state index in [1.165, 1.54) is 10.3 Å². The Hall–Kier alpha value is -2.71. The van der Waals surface area contributed by atoms with Crippen molar-refractivity contribution in [2.75, 3.05) is 32.8 Å². The van der Waals surface area contributed by atoms with E-state index in [1.807, 2.05) is 41.3 Å². The van der Waals surface area contributed by atoms with Gasteiger partial charge >= 0.3 is 0 Å². The molecule has 1 saturated heterocycles. The number of ether oxygens (including phenoxy) is 1. The van der Waals surface area contributed by atoms with E-state index in [9.17, 15) is 15.0 Å². The summed E-state index contributed by atoms with van der Waals surface area (Å²) in [6.07, 6.45) is 2.00. The Labute approximate surface area is 210 Å². The summed E-state index contributed by atoms with van der Waals surface area (Å²) in [5.41, 5.74) is 2.38. The van der Waals surface area contributed by atoms with Gasteiger partial charge in [0.25, 0.3) is 5.91 Å². The van der Waals surface area contributed by atoms with E-state index in [-0.39, 0.29) is 30.1 Å². The van der Waals surface area contributed by atoms with Gasteiger partial charge in [0.05, 0.1) is 0 Å². The zero-order valence-corrected chi connectivity index (χ0v) is 20.6. The van der Waals surface area contributed by atoms with Crippen molar-refractivity contribution in [3.05, 3.63) is 82.9 Å². The maximum absolute atomic E-state index is 13.4. The summed E-state index contributed by atoms with van der Waals surface area (Å²) in [4.78, 5) is 17.6. The van der Waals surface area contributed by atoms with Crippen LogP contribution >= 0.6 is 11.3 Å². The Balaban J connectivity index is 1.33. The summed E-state index contributed by atoms with van der Waals surface area (Å²) in [5.74, 6) is -0.303. The van der Waals surface area contributed by atoms with Gasteiger partial charge in [0, 0.05) is 55.9 Å². The number of carbonyl (C=O) groups excluding carboxylic acids is 1. The predicted octanol–water partition coefficient (Wildman–Crippen LogP) is 3.95. The molecule has 184 valence electrons. The molecule has 0 radical (unpaired) electrons. The maximum atomic E-state index is 13.4. The van der Waals surface area contributed by atoms with Gasteiger partial charge in [-0.15, -0.1) is 11.3 Å². The Morgan fingerprint density at radius 2 is 1.77 bits per heavy atom. The number of hydrogen-bond donors (Lipinski definition) is 2. The Bertz CT molecular complexity index is 1170. The molecule has 5 rings (SSSR count). The zero-order chi connectivity index (χ0) is 24.2. The van der Waals surface area contributed by atoms with Gasteiger partial charge in [0.1, 0.15) is 0 Å². The zero-order valence-electron chi connectivity index (χ0n) is 19.8. The molecule has 0 saturated carbocycles. The molecule has 3 aromatic rings. The monoisotopic (exact) mass is 492 g/mol. The molecule has 0 bridgehead atoms. The number of fused-ring (bicyclic) bond motifs is 1. The van der Waals surface area contributed by atoms with Crippen molar-refractivity contribution in [1.82, 2.24) is 9.80 Å². The molecule has 1 aromatic heterocycles. The molecular weight excluding hydrogens is 460 g/mol. The second-order valence-corrected chi connectivity index (χ2v) is 10.2. The Morgan fingerprint density at radius 1 is 1.03 bits per heavy atom. The van der Waals surface area contributed by atoms with Crippen LogP contribution < -0.4 is 0 Å². The maximum Gasteiger partial charge on any atom is 0.288 e. The van der Waals surface area contributed by atoms with Crippen molar-refractivity contribution in [3.8, 4) is 0 Å². The van der Waals surface area contributed by atoms with E-state index >= 15 is 0 Å². The fourth-order valence-electron chi connectivity index (χ4n) is 5.18. The smallest absolute Gasteiger partial charge is 0.288 e. The van der Waals surface area contributed by atoms with E-state index in [4.69, 9.17) is 4.74 Å². The number of rotatable bonds is 7. The molecule has 7 heteroatoms. The third-order valence-electron chi connectivity index (χ3n) is 7.09. The topological polar surface area (TPSA) is 73.2 Å². The van der Waals surface area contributed by atoms with Crippen LogP contribution in [-0.4, -0.2) is 65.0 Å². The van der Waals surface area contributed by atoms with Gasteiger partial charge in [-0.2, -0.15) is 0 Å². The molecule has 2 aliphatic heterocycles. The number of aliphatic hydroxyl groups is 2. The van der Waals surface area contributed by atoms with Crippen LogP contribution in [-0.2, 0) is 16.1 Å². The van der Waals surface area contributed by atoms with Gasteiger partial charge in [-0.05, 0) is 46.9 Å². The molecule has 6 nitrogen and oxygen atoms in total. The first-order valence-electron chi connectivity index (χ1n) is 12.3. The molecule has 3 heterocycles. The van der Waals surface area contributed by atoms with Crippen LogP contribution in [0.5, 0.6) is 0 Å². The average molecular weight is 493 g/mol. The minimum Gasteiger partial charge on any atom is -0.459 e. The minimum atomic E-state index is -1.09. The number of benzene rings is 2. The summed E-state index contributed by atoms with van der Waals surface area (Å²) in [6.45, 7) is 3.79. The van der Waals surface area contributed by atoms with Gasteiger partial charge in [0.15, 0.2) is 5.76 Å². The van der Waals surface area contributed by atoms with Gasteiger partial charge in [-0.3, -0.25) is 9.69 Å². The average Bonchev–Trinajstić information content (AvgIpc) is 3.32. The highest BCUT2D eigenvalue weighted by molar-refractivity contribution is 7.17. The second kappa shape index (κ2) is 10.9. The van der Waals surface area contributed by atoms with Crippen LogP contribution in [0.1, 0.15) is 29.9 Å². The van der Waals surface area contributed by atoms with Crippen LogP contribution in [0.2, 0.25) is 0 Å². The highest BCUT2D eigenvalue weighted by Gasteiger charge is 2.38. The van der Waals surface area contributed by atoms with Crippen LogP contribution in [0.25, 0.3) is 10.1 Å². The molecule has 1 amide bonds. The lowest BCUT2D eigenvalue weighted by molar-refractivity contribution is -0.151. The number of carbonyl (C=O) groups is 1. The lowest BCUT2D eigenvalue weighted by Crippen LogP contribution is -2.49. The molecular formula is C28H32N2O4S. The Kier molecular flexibility index (Phi) is 7.48. The highest BCUT2D eigenvalue weighted by atomic mass is 32.1. The minimum absolute atomic E-state index is 0.0586. The summed E-state index contributed by atoms with van der Waals surface area (Å²) in [7, 11) is 0. The van der Waals surface area contributed by atoms with Gasteiger partial charge in [0.2, 0.25) is 6.29 Å². The number of aliphatic hydroxyl groups excluding tert-OH is 2. The first kappa shape index (κ1) is 24.0. The number of hydrogen-bond acceptors (Lipinski definition) is 6. The van der Waals surface area contributed by atoms with Crippen molar-refractivity contribution in [2.24, 2.45) is 5.92 Å².